The topological polar surface area (TPSA) is 147 Å². The van der Waals surface area contributed by atoms with Crippen molar-refractivity contribution in [2.45, 2.75) is 24.7 Å². The zero-order valence-corrected chi connectivity index (χ0v) is 20.0. The van der Waals surface area contributed by atoms with Gasteiger partial charge in [-0.2, -0.15) is 0 Å². The Morgan fingerprint density at radius 1 is 0.750 bits per heavy atom. The molecular formula is C25H26O11. The van der Waals surface area contributed by atoms with Gasteiger partial charge in [0.1, 0.15) is 0 Å². The quantitative estimate of drug-likeness (QED) is 0.487. The number of methoxy groups -OCH3 is 4. The minimum absolute atomic E-state index is 0.0722. The number of rotatable bonds is 9. The smallest absolute Gasteiger partial charge is 0.338 e. The van der Waals surface area contributed by atoms with E-state index in [2.05, 4.69) is 0 Å². The summed E-state index contributed by atoms with van der Waals surface area (Å²) < 4.78 is 31.6. The molecule has 0 fully saturated rings. The average Bonchev–Trinajstić information content (AvgIpc) is 2.89. The van der Waals surface area contributed by atoms with Crippen molar-refractivity contribution < 1.29 is 53.0 Å². The van der Waals surface area contributed by atoms with Crippen LogP contribution in [0.3, 0.4) is 0 Å². The summed E-state index contributed by atoms with van der Waals surface area (Å²) in [6, 6.07) is 8.63. The summed E-state index contributed by atoms with van der Waals surface area (Å²) in [6.45, 7) is 0. The van der Waals surface area contributed by atoms with Crippen LogP contribution in [0.1, 0.15) is 27.1 Å². The molecule has 1 aliphatic carbocycles. The maximum absolute atomic E-state index is 12.9. The number of hydrogen-bond donors (Lipinski definition) is 2. The number of benzene rings is 2. The van der Waals surface area contributed by atoms with E-state index in [0.29, 0.717) is 11.5 Å². The molecule has 2 aromatic carbocycles. The Labute approximate surface area is 206 Å². The van der Waals surface area contributed by atoms with Crippen molar-refractivity contribution in [2.24, 2.45) is 0 Å². The Hall–Kier alpha value is -4.25. The van der Waals surface area contributed by atoms with Gasteiger partial charge < -0.3 is 38.6 Å². The molecule has 0 spiro atoms. The highest BCUT2D eigenvalue weighted by Gasteiger charge is 2.40. The van der Waals surface area contributed by atoms with Crippen LogP contribution < -0.4 is 18.9 Å². The van der Waals surface area contributed by atoms with Gasteiger partial charge in [-0.25, -0.2) is 14.4 Å². The van der Waals surface area contributed by atoms with Gasteiger partial charge in [0, 0.05) is 12.0 Å². The van der Waals surface area contributed by atoms with Crippen molar-refractivity contribution in [3.8, 4) is 23.0 Å². The van der Waals surface area contributed by atoms with Gasteiger partial charge in [0.25, 0.3) is 0 Å². The van der Waals surface area contributed by atoms with Crippen molar-refractivity contribution >= 4 is 17.9 Å². The number of hydrogen-bond acceptors (Lipinski definition) is 10. The molecule has 36 heavy (non-hydrogen) atoms. The summed E-state index contributed by atoms with van der Waals surface area (Å²) in [5, 5.41) is 20.0. The highest BCUT2D eigenvalue weighted by molar-refractivity contribution is 5.92. The fourth-order valence-corrected chi connectivity index (χ4v) is 3.64. The molecule has 0 amide bonds. The molecule has 192 valence electrons. The van der Waals surface area contributed by atoms with Crippen molar-refractivity contribution in [1.29, 1.82) is 0 Å². The van der Waals surface area contributed by atoms with E-state index in [1.54, 1.807) is 0 Å². The van der Waals surface area contributed by atoms with Gasteiger partial charge in [-0.15, -0.1) is 0 Å². The maximum Gasteiger partial charge on any atom is 0.338 e. The first kappa shape index (κ1) is 26.4. The Morgan fingerprint density at radius 2 is 1.22 bits per heavy atom. The van der Waals surface area contributed by atoms with Gasteiger partial charge >= 0.3 is 17.9 Å². The maximum atomic E-state index is 12.9. The van der Waals surface area contributed by atoms with Crippen LogP contribution in [0.4, 0.5) is 0 Å². The lowest BCUT2D eigenvalue weighted by Crippen LogP contribution is -2.46. The molecule has 1 aliphatic rings. The number of carbonyl (C=O) groups excluding carboxylic acids is 2. The summed E-state index contributed by atoms with van der Waals surface area (Å²) in [5.74, 6) is -1.68. The number of aliphatic carboxylic acids is 1. The van der Waals surface area contributed by atoms with E-state index in [0.717, 1.165) is 6.08 Å². The van der Waals surface area contributed by atoms with E-state index in [4.69, 9.17) is 28.4 Å². The molecule has 0 radical (unpaired) electrons. The molecule has 2 N–H and O–H groups in total. The Morgan fingerprint density at radius 3 is 1.67 bits per heavy atom. The molecule has 0 saturated carbocycles. The number of aliphatic hydroxyl groups excluding tert-OH is 1. The molecule has 0 aliphatic heterocycles. The standard InChI is InChI=1S/C25H26O11/c1-31-17-7-5-13(10-19(17)33-3)24(29)35-21-12-15(23(27)28)9-16(26)22(21)36-25(30)14-6-8-18(32-2)20(11-14)34-4/h5-8,10-12,16,21-22,26H,9H2,1-4H3,(H,27,28)/t16-,21-,22+/m1/s1. The summed E-state index contributed by atoms with van der Waals surface area (Å²) >= 11 is 0. The van der Waals surface area contributed by atoms with Gasteiger partial charge in [-0.05, 0) is 42.5 Å². The second kappa shape index (κ2) is 11.5. The Kier molecular flexibility index (Phi) is 8.38. The van der Waals surface area contributed by atoms with Crippen LogP contribution in [0, 0.1) is 0 Å². The van der Waals surface area contributed by atoms with Crippen molar-refractivity contribution in [3.05, 3.63) is 59.2 Å². The van der Waals surface area contributed by atoms with Crippen molar-refractivity contribution in [3.63, 3.8) is 0 Å². The van der Waals surface area contributed by atoms with Crippen molar-refractivity contribution in [1.82, 2.24) is 0 Å². The van der Waals surface area contributed by atoms with Gasteiger partial charge in [0.2, 0.25) is 0 Å². The highest BCUT2D eigenvalue weighted by Crippen LogP contribution is 2.31. The van der Waals surface area contributed by atoms with E-state index in [9.17, 15) is 24.6 Å². The first-order chi connectivity index (χ1) is 17.2. The van der Waals surface area contributed by atoms with Crippen LogP contribution in [0.2, 0.25) is 0 Å². The number of carbonyl (C=O) groups is 3. The molecule has 0 unspecified atom stereocenters. The molecule has 3 rings (SSSR count). The third-order valence-corrected chi connectivity index (χ3v) is 5.50. The molecular weight excluding hydrogens is 476 g/mol. The van der Waals surface area contributed by atoms with Crippen molar-refractivity contribution in [2.75, 3.05) is 28.4 Å². The number of carboxylic acids is 1. The summed E-state index contributed by atoms with van der Waals surface area (Å²) in [6.07, 6.45) is -3.39. The second-order valence-corrected chi connectivity index (χ2v) is 7.65. The highest BCUT2D eigenvalue weighted by atomic mass is 16.6. The monoisotopic (exact) mass is 502 g/mol. The van der Waals surface area contributed by atoms with Gasteiger partial charge in [-0.3, -0.25) is 0 Å². The zero-order valence-electron chi connectivity index (χ0n) is 20.0. The molecule has 0 aromatic heterocycles. The summed E-state index contributed by atoms with van der Waals surface area (Å²) in [5.41, 5.74) is -0.0354. The minimum atomic E-state index is -1.45. The first-order valence-corrected chi connectivity index (χ1v) is 10.7. The molecule has 11 heteroatoms. The fraction of sp³-hybridized carbons (Fsp3) is 0.320. The largest absolute Gasteiger partial charge is 0.493 e. The number of carboxylic acid groups (broad SMARTS) is 1. The Balaban J connectivity index is 1.88. The predicted molar refractivity (Wildman–Crippen MR) is 124 cm³/mol. The van der Waals surface area contributed by atoms with E-state index in [1.807, 2.05) is 0 Å². The summed E-state index contributed by atoms with van der Waals surface area (Å²) in [4.78, 5) is 37.3. The SMILES string of the molecule is COc1ccc(C(=O)O[C@H]2[C@H](O)CC(C(=O)O)=C[C@H]2OC(=O)c2ccc(OC)c(OC)c2)cc1OC. The normalized spacial score (nSPS) is 18.9. The lowest BCUT2D eigenvalue weighted by atomic mass is 9.91. The molecule has 0 saturated heterocycles. The van der Waals surface area contributed by atoms with Gasteiger partial charge in [0.15, 0.2) is 35.2 Å². The number of ether oxygens (including phenoxy) is 6. The van der Waals surface area contributed by atoms with Crippen LogP contribution in [0.15, 0.2) is 48.0 Å². The van der Waals surface area contributed by atoms with E-state index >= 15 is 0 Å². The van der Waals surface area contributed by atoms with Crippen LogP contribution in [0.5, 0.6) is 23.0 Å². The second-order valence-electron chi connectivity index (χ2n) is 7.65. The van der Waals surface area contributed by atoms with E-state index in [1.165, 1.54) is 64.8 Å². The molecule has 2 aromatic rings. The third-order valence-electron chi connectivity index (χ3n) is 5.50. The Bertz CT molecular complexity index is 1170. The van der Waals surface area contributed by atoms with E-state index < -0.39 is 36.2 Å². The van der Waals surface area contributed by atoms with Crippen LogP contribution in [-0.4, -0.2) is 74.9 Å². The first-order valence-electron chi connectivity index (χ1n) is 10.7. The minimum Gasteiger partial charge on any atom is -0.493 e. The van der Waals surface area contributed by atoms with Gasteiger partial charge in [0.05, 0.1) is 45.7 Å². The predicted octanol–water partition coefficient (Wildman–Crippen LogP) is 2.25. The van der Waals surface area contributed by atoms with Gasteiger partial charge in [-0.1, -0.05) is 0 Å². The molecule has 11 nitrogen and oxygen atoms in total. The molecule has 0 bridgehead atoms. The van der Waals surface area contributed by atoms with E-state index in [-0.39, 0.29) is 34.6 Å². The molecule has 0 heterocycles. The lowest BCUT2D eigenvalue weighted by molar-refractivity contribution is -0.134. The fourth-order valence-electron chi connectivity index (χ4n) is 3.64. The third kappa shape index (κ3) is 5.69. The molecule has 3 atom stereocenters. The lowest BCUT2D eigenvalue weighted by Gasteiger charge is -2.32. The zero-order chi connectivity index (χ0) is 26.4. The van der Waals surface area contributed by atoms with Crippen LogP contribution in [-0.2, 0) is 14.3 Å². The average molecular weight is 502 g/mol. The van der Waals surface area contributed by atoms with Crippen LogP contribution >= 0.6 is 0 Å². The van der Waals surface area contributed by atoms with Crippen LogP contribution in [0.25, 0.3) is 0 Å². The number of aliphatic hydroxyl groups is 1. The number of esters is 2. The summed E-state index contributed by atoms with van der Waals surface area (Å²) in [7, 11) is 5.68.